The molecule has 27 heavy (non-hydrogen) atoms. The Morgan fingerprint density at radius 2 is 1.89 bits per heavy atom. The van der Waals surface area contributed by atoms with Crippen molar-refractivity contribution in [1.82, 2.24) is 15.3 Å². The zero-order valence-corrected chi connectivity index (χ0v) is 15.4. The molecule has 1 aliphatic rings. The maximum absolute atomic E-state index is 13.2. The first-order chi connectivity index (χ1) is 13.3. The minimum absolute atomic E-state index is 0.197. The van der Waals surface area contributed by atoms with Crippen LogP contribution >= 0.6 is 0 Å². The number of aromatic amines is 1. The lowest BCUT2D eigenvalue weighted by atomic mass is 10.0. The molecule has 4 rings (SSSR count). The van der Waals surface area contributed by atoms with Gasteiger partial charge in [-0.15, -0.1) is 0 Å². The number of hydrogen-bond acceptors (Lipinski definition) is 3. The quantitative estimate of drug-likeness (QED) is 0.694. The van der Waals surface area contributed by atoms with E-state index in [0.29, 0.717) is 6.04 Å². The summed E-state index contributed by atoms with van der Waals surface area (Å²) in [5.74, 6) is -0.197. The molecule has 0 aliphatic carbocycles. The largest absolute Gasteiger partial charge is 0.371 e. The predicted octanol–water partition coefficient (Wildman–Crippen LogP) is 4.02. The van der Waals surface area contributed by atoms with Gasteiger partial charge in [0, 0.05) is 49.7 Å². The average Bonchev–Trinajstić information content (AvgIpc) is 3.23. The van der Waals surface area contributed by atoms with Gasteiger partial charge in [-0.25, -0.2) is 9.37 Å². The summed E-state index contributed by atoms with van der Waals surface area (Å²) in [5, 5.41) is 3.66. The van der Waals surface area contributed by atoms with Crippen LogP contribution in [0, 0.1) is 5.82 Å². The van der Waals surface area contributed by atoms with Gasteiger partial charge in [0.2, 0.25) is 0 Å². The van der Waals surface area contributed by atoms with Crippen LogP contribution in [0.3, 0.4) is 0 Å². The molecule has 4 nitrogen and oxygen atoms in total. The Hall–Kier alpha value is -2.66. The van der Waals surface area contributed by atoms with E-state index in [0.717, 1.165) is 50.0 Å². The molecule has 140 valence electrons. The molecule has 2 N–H and O–H groups in total. The summed E-state index contributed by atoms with van der Waals surface area (Å²) in [6, 6.07) is 15.8. The van der Waals surface area contributed by atoms with Crippen LogP contribution in [0.4, 0.5) is 10.1 Å². The third kappa shape index (κ3) is 4.55. The van der Waals surface area contributed by atoms with Crippen molar-refractivity contribution in [3.63, 3.8) is 0 Å². The summed E-state index contributed by atoms with van der Waals surface area (Å²) in [7, 11) is 0. The van der Waals surface area contributed by atoms with Crippen molar-refractivity contribution in [2.24, 2.45) is 0 Å². The number of anilines is 1. The molecule has 3 aromatic rings. The fourth-order valence-corrected chi connectivity index (χ4v) is 3.70. The van der Waals surface area contributed by atoms with Crippen molar-refractivity contribution < 1.29 is 4.39 Å². The maximum Gasteiger partial charge on any atom is 0.123 e. The second kappa shape index (κ2) is 8.35. The van der Waals surface area contributed by atoms with Crippen LogP contribution in [-0.4, -0.2) is 35.6 Å². The summed E-state index contributed by atoms with van der Waals surface area (Å²) < 4.78 is 13.2. The SMILES string of the molecule is Fc1ccc(-c2cccc(N3CCC(NCCc4cnc[nH]4)CC3)c2)cc1. The minimum atomic E-state index is -0.197. The van der Waals surface area contributed by atoms with Gasteiger partial charge in [-0.05, 0) is 48.2 Å². The van der Waals surface area contributed by atoms with Gasteiger partial charge in [-0.3, -0.25) is 0 Å². The Labute approximate surface area is 159 Å². The summed E-state index contributed by atoms with van der Waals surface area (Å²) in [4.78, 5) is 9.65. The van der Waals surface area contributed by atoms with E-state index in [1.807, 2.05) is 18.3 Å². The average molecular weight is 364 g/mol. The molecule has 0 atom stereocenters. The first kappa shape index (κ1) is 17.7. The van der Waals surface area contributed by atoms with E-state index in [1.165, 1.54) is 23.5 Å². The van der Waals surface area contributed by atoms with E-state index in [1.54, 1.807) is 6.33 Å². The molecule has 0 amide bonds. The van der Waals surface area contributed by atoms with Gasteiger partial charge < -0.3 is 15.2 Å². The molecule has 2 heterocycles. The Morgan fingerprint density at radius 3 is 2.63 bits per heavy atom. The van der Waals surface area contributed by atoms with Crippen molar-refractivity contribution in [3.8, 4) is 11.1 Å². The third-order valence-corrected chi connectivity index (χ3v) is 5.27. The Bertz CT molecular complexity index is 837. The summed E-state index contributed by atoms with van der Waals surface area (Å²) in [6.45, 7) is 3.08. The van der Waals surface area contributed by atoms with E-state index >= 15 is 0 Å². The number of nitrogens with zero attached hydrogens (tertiary/aromatic N) is 2. The van der Waals surface area contributed by atoms with Gasteiger partial charge >= 0.3 is 0 Å². The lowest BCUT2D eigenvalue weighted by Crippen LogP contribution is -2.43. The number of rotatable bonds is 6. The predicted molar refractivity (Wildman–Crippen MR) is 107 cm³/mol. The second-order valence-electron chi connectivity index (χ2n) is 7.10. The molecule has 5 heteroatoms. The number of benzene rings is 2. The Kier molecular flexibility index (Phi) is 5.49. The van der Waals surface area contributed by atoms with E-state index in [9.17, 15) is 4.39 Å². The zero-order valence-electron chi connectivity index (χ0n) is 15.4. The number of aromatic nitrogens is 2. The van der Waals surface area contributed by atoms with Crippen LogP contribution in [-0.2, 0) is 6.42 Å². The summed E-state index contributed by atoms with van der Waals surface area (Å²) in [6.07, 6.45) is 6.89. The molecule has 0 bridgehead atoms. The molecular formula is C22H25FN4. The number of piperidine rings is 1. The zero-order chi connectivity index (χ0) is 18.5. The highest BCUT2D eigenvalue weighted by molar-refractivity contribution is 5.68. The van der Waals surface area contributed by atoms with Crippen LogP contribution in [0.2, 0.25) is 0 Å². The molecule has 1 aromatic heterocycles. The van der Waals surface area contributed by atoms with Crippen molar-refractivity contribution >= 4 is 5.69 Å². The number of H-pyrrole nitrogens is 1. The molecule has 1 saturated heterocycles. The summed E-state index contributed by atoms with van der Waals surface area (Å²) in [5.41, 5.74) is 4.60. The number of imidazole rings is 1. The fourth-order valence-electron chi connectivity index (χ4n) is 3.70. The third-order valence-electron chi connectivity index (χ3n) is 5.27. The molecule has 0 spiro atoms. The van der Waals surface area contributed by atoms with Crippen molar-refractivity contribution in [3.05, 3.63) is 72.6 Å². The Balaban J connectivity index is 1.31. The van der Waals surface area contributed by atoms with Crippen LogP contribution < -0.4 is 10.2 Å². The number of nitrogens with one attached hydrogen (secondary N) is 2. The topological polar surface area (TPSA) is 44.0 Å². The van der Waals surface area contributed by atoms with Gasteiger partial charge in [0.15, 0.2) is 0 Å². The molecule has 0 saturated carbocycles. The second-order valence-corrected chi connectivity index (χ2v) is 7.10. The van der Waals surface area contributed by atoms with Crippen LogP contribution in [0.1, 0.15) is 18.5 Å². The van der Waals surface area contributed by atoms with E-state index < -0.39 is 0 Å². The van der Waals surface area contributed by atoms with Gasteiger partial charge in [-0.2, -0.15) is 0 Å². The van der Waals surface area contributed by atoms with Crippen molar-refractivity contribution in [1.29, 1.82) is 0 Å². The van der Waals surface area contributed by atoms with Crippen LogP contribution in [0.5, 0.6) is 0 Å². The molecule has 1 fully saturated rings. The first-order valence-electron chi connectivity index (χ1n) is 9.59. The lowest BCUT2D eigenvalue weighted by molar-refractivity contribution is 0.417. The van der Waals surface area contributed by atoms with Gasteiger partial charge in [-0.1, -0.05) is 24.3 Å². The van der Waals surface area contributed by atoms with Gasteiger partial charge in [0.05, 0.1) is 6.33 Å². The molecule has 0 unspecified atom stereocenters. The van der Waals surface area contributed by atoms with Crippen molar-refractivity contribution in [2.75, 3.05) is 24.5 Å². The molecule has 1 aliphatic heterocycles. The summed E-state index contributed by atoms with van der Waals surface area (Å²) >= 11 is 0. The lowest BCUT2D eigenvalue weighted by Gasteiger charge is -2.34. The van der Waals surface area contributed by atoms with Gasteiger partial charge in [0.1, 0.15) is 5.82 Å². The highest BCUT2D eigenvalue weighted by Crippen LogP contribution is 2.27. The van der Waals surface area contributed by atoms with E-state index in [4.69, 9.17) is 0 Å². The normalized spacial score (nSPS) is 15.2. The van der Waals surface area contributed by atoms with Crippen LogP contribution in [0.15, 0.2) is 61.1 Å². The monoisotopic (exact) mass is 364 g/mol. The maximum atomic E-state index is 13.2. The molecule has 2 aromatic carbocycles. The minimum Gasteiger partial charge on any atom is -0.371 e. The number of hydrogen-bond donors (Lipinski definition) is 2. The highest BCUT2D eigenvalue weighted by Gasteiger charge is 2.19. The van der Waals surface area contributed by atoms with E-state index in [-0.39, 0.29) is 5.82 Å². The van der Waals surface area contributed by atoms with E-state index in [2.05, 4.69) is 44.5 Å². The Morgan fingerprint density at radius 1 is 1.07 bits per heavy atom. The van der Waals surface area contributed by atoms with Gasteiger partial charge in [0.25, 0.3) is 0 Å². The smallest absolute Gasteiger partial charge is 0.123 e. The van der Waals surface area contributed by atoms with Crippen LogP contribution in [0.25, 0.3) is 11.1 Å². The first-order valence-corrected chi connectivity index (χ1v) is 9.59. The standard InChI is InChI=1S/C22H25FN4/c23-19-6-4-17(5-7-19)18-2-1-3-22(14-18)27-12-9-20(10-13-27)25-11-8-21-15-24-16-26-21/h1-7,14-16,20,25H,8-13H2,(H,24,26). The molecular weight excluding hydrogens is 339 g/mol. The van der Waals surface area contributed by atoms with Crippen molar-refractivity contribution in [2.45, 2.75) is 25.3 Å². The fraction of sp³-hybridized carbons (Fsp3) is 0.318. The highest BCUT2D eigenvalue weighted by atomic mass is 19.1. The molecule has 0 radical (unpaired) electrons. The number of halogens is 1.